The minimum Gasteiger partial charge on any atom is -0.502 e. The molecule has 0 aromatic carbocycles. The number of aromatic nitrogens is 4. The van der Waals surface area contributed by atoms with Gasteiger partial charge in [-0.25, -0.2) is 0 Å². The van der Waals surface area contributed by atoms with Gasteiger partial charge in [-0.2, -0.15) is 0 Å². The molecule has 4 aromatic rings. The number of amides is 4. The number of rotatable bonds is 21. The summed E-state index contributed by atoms with van der Waals surface area (Å²) in [7, 11) is 0. The van der Waals surface area contributed by atoms with E-state index in [1.807, 2.05) is 9.80 Å². The van der Waals surface area contributed by atoms with Crippen LogP contribution in [0, 0.1) is 27.7 Å². The van der Waals surface area contributed by atoms with Crippen LogP contribution in [0.15, 0.2) is 44.0 Å². The number of nitrogens with one attached hydrogen (secondary N) is 8. The highest BCUT2D eigenvalue weighted by atomic mass is 16.3. The maximum atomic E-state index is 13.0. The first-order valence-electron chi connectivity index (χ1n) is 19.6. The molecule has 334 valence electrons. The van der Waals surface area contributed by atoms with Crippen molar-refractivity contribution in [2.24, 2.45) is 0 Å². The summed E-state index contributed by atoms with van der Waals surface area (Å²) in [4.78, 5) is 113. The third kappa shape index (κ3) is 12.2. The molecule has 4 amide bonds. The van der Waals surface area contributed by atoms with Gasteiger partial charge in [0.25, 0.3) is 45.9 Å². The molecular formula is C40H52N10O12. The molecular weight excluding hydrogens is 812 g/mol. The van der Waals surface area contributed by atoms with Crippen LogP contribution >= 0.6 is 0 Å². The Labute approximate surface area is 353 Å². The first-order chi connectivity index (χ1) is 29.4. The molecule has 4 aromatic heterocycles. The molecule has 4 rings (SSSR count). The van der Waals surface area contributed by atoms with Crippen LogP contribution in [0.25, 0.3) is 0 Å². The molecule has 0 atom stereocenters. The van der Waals surface area contributed by atoms with Gasteiger partial charge in [0.2, 0.25) is 0 Å². The highest BCUT2D eigenvalue weighted by Gasteiger charge is 2.21. The third-order valence-electron chi connectivity index (χ3n) is 10.0. The second-order valence-electron chi connectivity index (χ2n) is 14.5. The van der Waals surface area contributed by atoms with Crippen molar-refractivity contribution >= 4 is 23.6 Å². The second kappa shape index (κ2) is 21.9. The van der Waals surface area contributed by atoms with Crippen molar-refractivity contribution in [1.82, 2.24) is 51.0 Å². The second-order valence-corrected chi connectivity index (χ2v) is 14.5. The summed E-state index contributed by atoms with van der Waals surface area (Å²) in [6.07, 6.45) is 6.38. The lowest BCUT2D eigenvalue weighted by Gasteiger charge is -2.25. The highest BCUT2D eigenvalue weighted by Crippen LogP contribution is 2.17. The minimum atomic E-state index is -0.817. The number of nitrogens with zero attached hydrogens (tertiary/aromatic N) is 2. The smallest absolute Gasteiger partial charge is 0.290 e. The van der Waals surface area contributed by atoms with Gasteiger partial charge in [-0.3, -0.25) is 48.2 Å². The molecule has 0 aliphatic heterocycles. The number of carbonyl (C=O) groups excluding carboxylic acids is 4. The van der Waals surface area contributed by atoms with Crippen molar-refractivity contribution in [3.8, 4) is 23.0 Å². The zero-order chi connectivity index (χ0) is 45.7. The van der Waals surface area contributed by atoms with E-state index in [1.54, 1.807) is 27.7 Å². The molecule has 0 fully saturated rings. The fourth-order valence-corrected chi connectivity index (χ4v) is 6.61. The lowest BCUT2D eigenvalue weighted by Crippen LogP contribution is -2.41. The van der Waals surface area contributed by atoms with Gasteiger partial charge in [0.1, 0.15) is 0 Å². The first-order valence-corrected chi connectivity index (χ1v) is 19.6. The molecule has 22 heteroatoms. The number of H-pyrrole nitrogens is 4. The number of unbranched alkanes of at least 4 members (excludes halogenated alkanes) is 1. The van der Waals surface area contributed by atoms with Gasteiger partial charge in [0, 0.05) is 77.1 Å². The van der Waals surface area contributed by atoms with Gasteiger partial charge in [0.15, 0.2) is 23.0 Å². The molecule has 0 saturated carbocycles. The van der Waals surface area contributed by atoms with E-state index in [0.717, 1.165) is 0 Å². The van der Waals surface area contributed by atoms with E-state index >= 15 is 0 Å². The molecule has 22 nitrogen and oxygen atoms in total. The largest absolute Gasteiger partial charge is 0.502 e. The first kappa shape index (κ1) is 47.5. The Bertz CT molecular complexity index is 2190. The van der Waals surface area contributed by atoms with Crippen molar-refractivity contribution in [1.29, 1.82) is 0 Å². The monoisotopic (exact) mass is 864 g/mol. The molecule has 4 heterocycles. The summed E-state index contributed by atoms with van der Waals surface area (Å²) >= 11 is 0. The van der Waals surface area contributed by atoms with Crippen LogP contribution in [0.3, 0.4) is 0 Å². The van der Waals surface area contributed by atoms with Crippen LogP contribution in [-0.2, 0) is 0 Å². The van der Waals surface area contributed by atoms with E-state index in [-0.39, 0.29) is 74.6 Å². The molecule has 0 radical (unpaired) electrons. The number of aromatic amines is 4. The number of carbonyl (C=O) groups is 4. The Kier molecular flexibility index (Phi) is 16.8. The van der Waals surface area contributed by atoms with E-state index < -0.39 is 68.9 Å². The molecule has 0 aliphatic rings. The van der Waals surface area contributed by atoms with Crippen molar-refractivity contribution in [3.63, 3.8) is 0 Å². The van der Waals surface area contributed by atoms with Gasteiger partial charge in [-0.05, 0) is 75.9 Å². The highest BCUT2D eigenvalue weighted by molar-refractivity contribution is 5.99. The van der Waals surface area contributed by atoms with Crippen LogP contribution in [0.4, 0.5) is 0 Å². The molecule has 0 saturated heterocycles. The molecule has 12 N–H and O–H groups in total. The number of aromatic hydroxyl groups is 4. The van der Waals surface area contributed by atoms with Gasteiger partial charge >= 0.3 is 0 Å². The average Bonchev–Trinajstić information content (AvgIpc) is 3.22. The Morgan fingerprint density at radius 1 is 0.419 bits per heavy atom. The van der Waals surface area contributed by atoms with Crippen LogP contribution < -0.4 is 43.5 Å². The van der Waals surface area contributed by atoms with Crippen molar-refractivity contribution in [2.75, 3.05) is 65.4 Å². The SMILES string of the molecule is Cc1c[nH]c(=O)c(O)c1C(=O)NCCN(CCCCN(CCNC(=O)c1c(C)c[nH]c(=O)c1O)CCNC(=O)c1c(C)c[nH]c(=O)c1O)CCNC(=O)c1c(C)c[nH]c(=O)c1O. The van der Waals surface area contributed by atoms with Crippen molar-refractivity contribution < 1.29 is 39.6 Å². The summed E-state index contributed by atoms with van der Waals surface area (Å²) in [6.45, 7) is 8.53. The van der Waals surface area contributed by atoms with E-state index in [0.29, 0.717) is 48.2 Å². The number of hydrogen-bond acceptors (Lipinski definition) is 14. The van der Waals surface area contributed by atoms with E-state index in [4.69, 9.17) is 0 Å². The maximum absolute atomic E-state index is 13.0. The lowest BCUT2D eigenvalue weighted by atomic mass is 10.1. The van der Waals surface area contributed by atoms with E-state index in [2.05, 4.69) is 41.2 Å². The summed E-state index contributed by atoms with van der Waals surface area (Å²) in [5.74, 6) is -5.50. The third-order valence-corrected chi connectivity index (χ3v) is 10.0. The summed E-state index contributed by atoms with van der Waals surface area (Å²) in [5, 5.41) is 51.6. The molecule has 0 aliphatic carbocycles. The standard InChI is InChI=1S/C40H52N10O12/c1-21-17-45-37(59)29(51)25(21)33(55)41-7-13-49(14-8-42-34(56)26-22(2)18-46-38(60)30(26)52)11-5-6-12-50(15-9-43-35(57)27-23(3)19-47-39(61)31(27)53)16-10-44-36(58)28-24(4)20-48-40(62)32(28)54/h17-20,51-54H,5-16H2,1-4H3,(H,41,55)(H,42,56)(H,43,57)(H,44,58)(H,45,59)(H,46,60)(H,47,61)(H,48,62). The Balaban J connectivity index is 1.41. The Morgan fingerprint density at radius 3 is 0.839 bits per heavy atom. The fourth-order valence-electron chi connectivity index (χ4n) is 6.61. The Hall–Kier alpha value is -7.20. The van der Waals surface area contributed by atoms with E-state index in [1.165, 1.54) is 24.8 Å². The lowest BCUT2D eigenvalue weighted by molar-refractivity contribution is 0.0925. The van der Waals surface area contributed by atoms with Crippen LogP contribution in [0.1, 0.15) is 76.5 Å². The average molecular weight is 865 g/mol. The van der Waals surface area contributed by atoms with Crippen molar-refractivity contribution in [2.45, 2.75) is 40.5 Å². The van der Waals surface area contributed by atoms with Gasteiger partial charge in [-0.1, -0.05) is 0 Å². The number of aryl methyl sites for hydroxylation is 4. The minimum absolute atomic E-state index is 0.0859. The topological polar surface area (TPSA) is 335 Å². The van der Waals surface area contributed by atoms with Crippen LogP contribution in [0.5, 0.6) is 23.0 Å². The zero-order valence-electron chi connectivity index (χ0n) is 34.7. The number of pyridine rings is 4. The summed E-state index contributed by atoms with van der Waals surface area (Å²) in [6, 6.07) is 0. The van der Waals surface area contributed by atoms with E-state index in [9.17, 15) is 58.8 Å². The van der Waals surface area contributed by atoms with Crippen LogP contribution in [-0.4, -0.2) is 139 Å². The molecule has 62 heavy (non-hydrogen) atoms. The van der Waals surface area contributed by atoms with Gasteiger partial charge in [-0.15, -0.1) is 0 Å². The fraction of sp³-hybridized carbons (Fsp3) is 0.400. The van der Waals surface area contributed by atoms with Gasteiger partial charge in [0.05, 0.1) is 22.3 Å². The summed E-state index contributed by atoms with van der Waals surface area (Å²) in [5.41, 5.74) is -2.51. The van der Waals surface area contributed by atoms with Gasteiger partial charge < -0.3 is 61.6 Å². The Morgan fingerprint density at radius 2 is 0.629 bits per heavy atom. The predicted octanol–water partition coefficient (Wildman–Crippen LogP) is -1.10. The molecule has 0 bridgehead atoms. The summed E-state index contributed by atoms with van der Waals surface area (Å²) < 4.78 is 0. The predicted molar refractivity (Wildman–Crippen MR) is 225 cm³/mol. The quantitative estimate of drug-likeness (QED) is 0.0443. The normalized spacial score (nSPS) is 11.1. The zero-order valence-corrected chi connectivity index (χ0v) is 34.7. The van der Waals surface area contributed by atoms with Crippen LogP contribution in [0.2, 0.25) is 0 Å². The van der Waals surface area contributed by atoms with Crippen molar-refractivity contribution in [3.05, 3.63) is 111 Å². The maximum Gasteiger partial charge on any atom is 0.290 e. The molecule has 0 unspecified atom stereocenters. The number of hydrogen-bond donors (Lipinski definition) is 12. The molecule has 0 spiro atoms.